The van der Waals surface area contributed by atoms with Crippen LogP contribution in [0.25, 0.3) is 0 Å². The number of nitrogens with zero attached hydrogens (tertiary/aromatic N) is 2. The summed E-state index contributed by atoms with van der Waals surface area (Å²) < 4.78 is 16.2. The Balaban J connectivity index is 1.69. The molecule has 1 amide bonds. The van der Waals surface area contributed by atoms with Crippen LogP contribution < -0.4 is 19.6 Å². The number of hydrazone groups is 1. The summed E-state index contributed by atoms with van der Waals surface area (Å²) in [6.07, 6.45) is 0.310. The van der Waals surface area contributed by atoms with E-state index in [2.05, 4.69) is 10.5 Å². The highest BCUT2D eigenvalue weighted by Crippen LogP contribution is 2.36. The summed E-state index contributed by atoms with van der Waals surface area (Å²) in [7, 11) is 0. The molecular formula is C18H17N3O7. The highest BCUT2D eigenvalue weighted by atomic mass is 16.6. The van der Waals surface area contributed by atoms with E-state index < -0.39 is 28.4 Å². The van der Waals surface area contributed by atoms with E-state index in [9.17, 15) is 20.0 Å². The topological polar surface area (TPSA) is 133 Å². The standard InChI is InChI=1S/C18H17N3O7/c1-2-26-15-8-11(7-12(17(15)22)21(24)25)9-19-20-18(23)16-10-27-13-5-3-4-6-14(13)28-16/h3-9,16,22H,2,10H2,1H3,(H,20,23). The van der Waals surface area contributed by atoms with Gasteiger partial charge < -0.3 is 19.3 Å². The van der Waals surface area contributed by atoms with E-state index in [1.807, 2.05) is 0 Å². The predicted molar refractivity (Wildman–Crippen MR) is 98.0 cm³/mol. The van der Waals surface area contributed by atoms with Crippen LogP contribution in [0.3, 0.4) is 0 Å². The maximum Gasteiger partial charge on any atom is 0.315 e. The summed E-state index contributed by atoms with van der Waals surface area (Å²) in [5.41, 5.74) is 2.03. The molecule has 0 saturated heterocycles. The SMILES string of the molecule is CCOc1cc(C=NNC(=O)C2COc3ccccc3O2)cc([N+](=O)[O-])c1O. The number of nitro groups is 1. The van der Waals surface area contributed by atoms with Crippen LogP contribution in [0.1, 0.15) is 12.5 Å². The number of carbonyl (C=O) groups is 1. The second-order valence-electron chi connectivity index (χ2n) is 5.68. The van der Waals surface area contributed by atoms with Crippen LogP contribution in [-0.4, -0.2) is 41.5 Å². The van der Waals surface area contributed by atoms with Gasteiger partial charge in [0.05, 0.1) is 17.7 Å². The molecule has 0 aliphatic carbocycles. The van der Waals surface area contributed by atoms with E-state index in [0.717, 1.165) is 6.07 Å². The molecular weight excluding hydrogens is 370 g/mol. The van der Waals surface area contributed by atoms with Crippen molar-refractivity contribution in [3.05, 3.63) is 52.1 Å². The molecule has 1 atom stereocenters. The Morgan fingerprint density at radius 1 is 1.43 bits per heavy atom. The molecule has 1 aliphatic heterocycles. The van der Waals surface area contributed by atoms with E-state index >= 15 is 0 Å². The van der Waals surface area contributed by atoms with Gasteiger partial charge in [-0.1, -0.05) is 12.1 Å². The fraction of sp³-hybridized carbons (Fsp3) is 0.222. The number of amides is 1. The van der Waals surface area contributed by atoms with Crippen molar-refractivity contribution in [3.63, 3.8) is 0 Å². The Morgan fingerprint density at radius 3 is 2.89 bits per heavy atom. The van der Waals surface area contributed by atoms with Gasteiger partial charge in [-0.15, -0.1) is 0 Å². The van der Waals surface area contributed by atoms with E-state index in [0.29, 0.717) is 11.5 Å². The summed E-state index contributed by atoms with van der Waals surface area (Å²) >= 11 is 0. The van der Waals surface area contributed by atoms with Crippen LogP contribution >= 0.6 is 0 Å². The Kier molecular flexibility index (Phi) is 5.58. The number of hydrogen-bond acceptors (Lipinski definition) is 8. The van der Waals surface area contributed by atoms with Crippen molar-refractivity contribution in [2.75, 3.05) is 13.2 Å². The van der Waals surface area contributed by atoms with Gasteiger partial charge in [0, 0.05) is 11.6 Å². The molecule has 0 aromatic heterocycles. The Labute approximate surface area is 159 Å². The highest BCUT2D eigenvalue weighted by molar-refractivity contribution is 5.86. The van der Waals surface area contributed by atoms with Crippen molar-refractivity contribution < 1.29 is 29.0 Å². The minimum atomic E-state index is -0.889. The van der Waals surface area contributed by atoms with Crippen LogP contribution in [0, 0.1) is 10.1 Å². The normalized spacial score (nSPS) is 15.2. The molecule has 10 nitrogen and oxygen atoms in total. The number of nitrogens with one attached hydrogen (secondary N) is 1. The molecule has 146 valence electrons. The van der Waals surface area contributed by atoms with Crippen molar-refractivity contribution in [1.29, 1.82) is 0 Å². The number of phenols is 1. The molecule has 3 rings (SSSR count). The van der Waals surface area contributed by atoms with E-state index in [-0.39, 0.29) is 24.5 Å². The van der Waals surface area contributed by atoms with Gasteiger partial charge >= 0.3 is 5.69 Å². The highest BCUT2D eigenvalue weighted by Gasteiger charge is 2.27. The quantitative estimate of drug-likeness (QED) is 0.440. The summed E-state index contributed by atoms with van der Waals surface area (Å²) in [4.78, 5) is 22.5. The van der Waals surface area contributed by atoms with Gasteiger partial charge in [-0.25, -0.2) is 5.43 Å². The molecule has 2 N–H and O–H groups in total. The number of aromatic hydroxyl groups is 1. The Hall–Kier alpha value is -3.82. The lowest BCUT2D eigenvalue weighted by molar-refractivity contribution is -0.386. The zero-order valence-corrected chi connectivity index (χ0v) is 14.8. The number of ether oxygens (including phenoxy) is 3. The minimum absolute atomic E-state index is 0.0253. The zero-order valence-electron chi connectivity index (χ0n) is 14.8. The van der Waals surface area contributed by atoms with Gasteiger partial charge in [-0.2, -0.15) is 5.10 Å². The molecule has 1 unspecified atom stereocenters. The number of hydrogen-bond donors (Lipinski definition) is 2. The van der Waals surface area contributed by atoms with Gasteiger partial charge in [0.15, 0.2) is 17.2 Å². The lowest BCUT2D eigenvalue weighted by atomic mass is 10.2. The third kappa shape index (κ3) is 4.11. The van der Waals surface area contributed by atoms with Crippen LogP contribution in [0.2, 0.25) is 0 Å². The molecule has 1 heterocycles. The molecule has 0 spiro atoms. The van der Waals surface area contributed by atoms with E-state index in [1.54, 1.807) is 31.2 Å². The third-order valence-corrected chi connectivity index (χ3v) is 3.76. The molecule has 28 heavy (non-hydrogen) atoms. The Morgan fingerprint density at radius 2 is 2.18 bits per heavy atom. The number of benzene rings is 2. The predicted octanol–water partition coefficient (Wildman–Crippen LogP) is 1.99. The molecule has 0 bridgehead atoms. The van der Waals surface area contributed by atoms with Crippen molar-refractivity contribution in [1.82, 2.24) is 5.43 Å². The maximum atomic E-state index is 12.2. The average Bonchev–Trinajstić information content (AvgIpc) is 2.69. The molecule has 0 radical (unpaired) electrons. The summed E-state index contributed by atoms with van der Waals surface area (Å²) in [5, 5.41) is 24.7. The van der Waals surface area contributed by atoms with Crippen molar-refractivity contribution in [3.8, 4) is 23.0 Å². The van der Waals surface area contributed by atoms with E-state index in [4.69, 9.17) is 14.2 Å². The average molecular weight is 387 g/mol. The van der Waals surface area contributed by atoms with Gasteiger partial charge in [0.2, 0.25) is 11.9 Å². The molecule has 2 aromatic carbocycles. The first-order valence-corrected chi connectivity index (χ1v) is 8.35. The van der Waals surface area contributed by atoms with Gasteiger partial charge in [0.1, 0.15) is 6.61 Å². The van der Waals surface area contributed by atoms with Gasteiger partial charge in [-0.3, -0.25) is 14.9 Å². The number of fused-ring (bicyclic) bond motifs is 1. The Bertz CT molecular complexity index is 929. The number of rotatable bonds is 6. The second kappa shape index (κ2) is 8.25. The summed E-state index contributed by atoms with van der Waals surface area (Å²) in [5.74, 6) is -0.156. The number of carbonyl (C=O) groups excluding carboxylic acids is 1. The van der Waals surface area contributed by atoms with Crippen molar-refractivity contribution >= 4 is 17.8 Å². The summed E-state index contributed by atoms with van der Waals surface area (Å²) in [6, 6.07) is 9.45. The first kappa shape index (κ1) is 19.0. The first-order chi connectivity index (χ1) is 13.5. The summed E-state index contributed by atoms with van der Waals surface area (Å²) in [6.45, 7) is 1.91. The zero-order chi connectivity index (χ0) is 20.1. The minimum Gasteiger partial charge on any atom is -0.500 e. The molecule has 10 heteroatoms. The smallest absolute Gasteiger partial charge is 0.315 e. The van der Waals surface area contributed by atoms with Gasteiger partial charge in [-0.05, 0) is 25.1 Å². The molecule has 2 aromatic rings. The number of nitro benzene ring substituents is 1. The largest absolute Gasteiger partial charge is 0.500 e. The van der Waals surface area contributed by atoms with Gasteiger partial charge in [0.25, 0.3) is 5.91 Å². The third-order valence-electron chi connectivity index (χ3n) is 3.76. The monoisotopic (exact) mass is 387 g/mol. The fourth-order valence-electron chi connectivity index (χ4n) is 2.48. The number of phenolic OH excluding ortho intramolecular Hbond substituents is 1. The second-order valence-corrected chi connectivity index (χ2v) is 5.68. The lowest BCUT2D eigenvalue weighted by Crippen LogP contribution is -2.42. The maximum absolute atomic E-state index is 12.2. The van der Waals surface area contributed by atoms with Crippen LogP contribution in [-0.2, 0) is 4.79 Å². The van der Waals surface area contributed by atoms with E-state index in [1.165, 1.54) is 12.3 Å². The number of para-hydroxylation sites is 2. The lowest BCUT2D eigenvalue weighted by Gasteiger charge is -2.24. The molecule has 1 aliphatic rings. The van der Waals surface area contributed by atoms with Crippen LogP contribution in [0.15, 0.2) is 41.5 Å². The fourth-order valence-corrected chi connectivity index (χ4v) is 2.48. The van der Waals surface area contributed by atoms with Crippen LogP contribution in [0.5, 0.6) is 23.0 Å². The molecule has 0 fully saturated rings. The van der Waals surface area contributed by atoms with Crippen molar-refractivity contribution in [2.24, 2.45) is 5.10 Å². The van der Waals surface area contributed by atoms with Crippen LogP contribution in [0.4, 0.5) is 5.69 Å². The molecule has 0 saturated carbocycles. The first-order valence-electron chi connectivity index (χ1n) is 8.35. The van der Waals surface area contributed by atoms with Crippen molar-refractivity contribution in [2.45, 2.75) is 13.0 Å².